The van der Waals surface area contributed by atoms with Crippen molar-refractivity contribution in [3.8, 4) is 11.3 Å². The lowest BCUT2D eigenvalue weighted by atomic mass is 9.98. The molecule has 2 aromatic carbocycles. The highest BCUT2D eigenvalue weighted by Crippen LogP contribution is 2.31. The molecule has 37 heavy (non-hydrogen) atoms. The van der Waals surface area contributed by atoms with Crippen LogP contribution < -0.4 is 5.32 Å². The number of likely N-dealkylation sites (tertiary alicyclic amines) is 1. The van der Waals surface area contributed by atoms with Crippen LogP contribution in [-0.4, -0.2) is 57.1 Å². The molecule has 190 valence electrons. The zero-order valence-corrected chi connectivity index (χ0v) is 21.7. The zero-order chi connectivity index (χ0) is 25.8. The van der Waals surface area contributed by atoms with E-state index in [1.165, 1.54) is 11.3 Å². The predicted octanol–water partition coefficient (Wildman–Crippen LogP) is 5.78. The number of piperidine rings is 1. The van der Waals surface area contributed by atoms with Crippen LogP contribution >= 0.6 is 11.3 Å². The molecule has 4 aromatic rings. The highest BCUT2D eigenvalue weighted by Gasteiger charge is 2.28. The van der Waals surface area contributed by atoms with Gasteiger partial charge in [-0.15, -0.1) is 11.3 Å². The lowest BCUT2D eigenvalue weighted by Gasteiger charge is -2.30. The summed E-state index contributed by atoms with van der Waals surface area (Å²) < 4.78 is 0. The number of thiazole rings is 1. The molecule has 1 saturated heterocycles. The fraction of sp³-hybridized carbons (Fsp3) is 0.286. The molecular weight excluding hydrogens is 484 g/mol. The van der Waals surface area contributed by atoms with Crippen molar-refractivity contribution in [3.05, 3.63) is 88.4 Å². The maximum Gasteiger partial charge on any atom is 0.323 e. The molecule has 3 heterocycles. The Hall–Kier alpha value is -3.98. The standard InChI is InChI=1S/C28H30N6O2S/c1-19(20-9-5-3-6-10-20)33(2)27(35)24-18-37-26(29-24)22-13-15-34(16-14-22)28(36)30-25-17-23(31-32-25)21-11-7-4-8-12-21/h3-12,17-19,22H,13-16H2,1-2H3,(H2,30,31,32,36). The van der Waals surface area contributed by atoms with E-state index in [0.29, 0.717) is 24.6 Å². The molecule has 9 heteroatoms. The number of aromatic amines is 1. The van der Waals surface area contributed by atoms with Crippen molar-refractivity contribution in [2.75, 3.05) is 25.5 Å². The molecule has 8 nitrogen and oxygen atoms in total. The highest BCUT2D eigenvalue weighted by atomic mass is 32.1. The van der Waals surface area contributed by atoms with Crippen molar-refractivity contribution in [3.63, 3.8) is 0 Å². The Balaban J connectivity index is 1.14. The Bertz CT molecular complexity index is 1350. The van der Waals surface area contributed by atoms with E-state index in [4.69, 9.17) is 4.98 Å². The van der Waals surface area contributed by atoms with E-state index >= 15 is 0 Å². The number of H-pyrrole nitrogens is 1. The van der Waals surface area contributed by atoms with Gasteiger partial charge in [-0.05, 0) is 30.9 Å². The van der Waals surface area contributed by atoms with Gasteiger partial charge in [0.05, 0.1) is 16.7 Å². The summed E-state index contributed by atoms with van der Waals surface area (Å²) in [4.78, 5) is 34.1. The van der Waals surface area contributed by atoms with E-state index in [-0.39, 0.29) is 23.9 Å². The maximum absolute atomic E-state index is 13.1. The smallest absolute Gasteiger partial charge is 0.323 e. The molecule has 0 aliphatic carbocycles. The van der Waals surface area contributed by atoms with Crippen LogP contribution in [0.5, 0.6) is 0 Å². The van der Waals surface area contributed by atoms with Gasteiger partial charge in [-0.1, -0.05) is 60.7 Å². The number of aromatic nitrogens is 3. The normalized spacial score (nSPS) is 14.8. The largest absolute Gasteiger partial charge is 0.334 e. The first kappa shape index (κ1) is 24.7. The monoisotopic (exact) mass is 514 g/mol. The average molecular weight is 515 g/mol. The molecule has 1 aliphatic heterocycles. The van der Waals surface area contributed by atoms with Crippen molar-refractivity contribution < 1.29 is 9.59 Å². The molecule has 1 unspecified atom stereocenters. The number of carbonyl (C=O) groups is 2. The first-order valence-corrected chi connectivity index (χ1v) is 13.3. The summed E-state index contributed by atoms with van der Waals surface area (Å²) in [5, 5.41) is 12.9. The second kappa shape index (κ2) is 11.0. The molecule has 2 aromatic heterocycles. The minimum atomic E-state index is -0.156. The van der Waals surface area contributed by atoms with Crippen LogP contribution in [0.4, 0.5) is 10.6 Å². The van der Waals surface area contributed by atoms with Crippen molar-refractivity contribution in [1.29, 1.82) is 0 Å². The second-order valence-corrected chi connectivity index (χ2v) is 10.2. The Morgan fingerprint density at radius 3 is 2.46 bits per heavy atom. The summed E-state index contributed by atoms with van der Waals surface area (Å²) in [6.45, 7) is 3.27. The third kappa shape index (κ3) is 5.56. The van der Waals surface area contributed by atoms with E-state index in [1.807, 2.05) is 91.0 Å². The van der Waals surface area contributed by atoms with E-state index in [9.17, 15) is 9.59 Å². The number of amides is 3. The predicted molar refractivity (Wildman–Crippen MR) is 146 cm³/mol. The Labute approximate surface area is 220 Å². The SMILES string of the molecule is CC(c1ccccc1)N(C)C(=O)c1csc(C2CCN(C(=O)Nc3cc(-c4ccccc4)[nH]n3)CC2)n1. The second-order valence-electron chi connectivity index (χ2n) is 9.30. The van der Waals surface area contributed by atoms with Crippen LogP contribution in [0.25, 0.3) is 11.3 Å². The summed E-state index contributed by atoms with van der Waals surface area (Å²) >= 11 is 1.53. The molecule has 1 atom stereocenters. The van der Waals surface area contributed by atoms with Gasteiger partial charge in [0.1, 0.15) is 5.69 Å². The first-order valence-electron chi connectivity index (χ1n) is 12.4. The summed E-state index contributed by atoms with van der Waals surface area (Å²) in [6, 6.07) is 21.5. The Morgan fingerprint density at radius 1 is 1.08 bits per heavy atom. The van der Waals surface area contributed by atoms with Crippen molar-refractivity contribution in [2.45, 2.75) is 31.7 Å². The fourth-order valence-corrected chi connectivity index (χ4v) is 5.52. The maximum atomic E-state index is 13.1. The van der Waals surface area contributed by atoms with E-state index in [2.05, 4.69) is 15.5 Å². The van der Waals surface area contributed by atoms with Gasteiger partial charge in [-0.2, -0.15) is 5.10 Å². The molecule has 0 saturated carbocycles. The number of hydrogen-bond donors (Lipinski definition) is 2. The van der Waals surface area contributed by atoms with Gasteiger partial charge in [0, 0.05) is 37.5 Å². The van der Waals surface area contributed by atoms with Crippen molar-refractivity contribution in [1.82, 2.24) is 25.0 Å². The zero-order valence-electron chi connectivity index (χ0n) is 20.9. The number of anilines is 1. The Morgan fingerprint density at radius 2 is 1.76 bits per heavy atom. The number of urea groups is 1. The number of rotatable bonds is 6. The van der Waals surface area contributed by atoms with Gasteiger partial charge < -0.3 is 9.80 Å². The molecule has 0 spiro atoms. The van der Waals surface area contributed by atoms with Crippen LogP contribution in [0.3, 0.4) is 0 Å². The Kier molecular flexibility index (Phi) is 7.32. The number of nitrogens with zero attached hydrogens (tertiary/aromatic N) is 4. The molecule has 3 amide bonds. The lowest BCUT2D eigenvalue weighted by Crippen LogP contribution is -2.40. The highest BCUT2D eigenvalue weighted by molar-refractivity contribution is 7.09. The minimum Gasteiger partial charge on any atom is -0.334 e. The third-order valence-electron chi connectivity index (χ3n) is 6.95. The minimum absolute atomic E-state index is 0.0427. The van der Waals surface area contributed by atoms with E-state index in [0.717, 1.165) is 34.7 Å². The van der Waals surface area contributed by atoms with Crippen LogP contribution in [0.15, 0.2) is 72.1 Å². The molecule has 2 N–H and O–H groups in total. The average Bonchev–Trinajstić information content (AvgIpc) is 3.63. The van der Waals surface area contributed by atoms with Gasteiger partial charge in [0.25, 0.3) is 5.91 Å². The molecule has 1 aliphatic rings. The lowest BCUT2D eigenvalue weighted by molar-refractivity contribution is 0.0737. The molecule has 5 rings (SSSR count). The number of benzene rings is 2. The summed E-state index contributed by atoms with van der Waals surface area (Å²) in [7, 11) is 1.82. The van der Waals surface area contributed by atoms with Crippen LogP contribution in [0, 0.1) is 0 Å². The summed E-state index contributed by atoms with van der Waals surface area (Å²) in [6.07, 6.45) is 1.61. The summed E-state index contributed by atoms with van der Waals surface area (Å²) in [5.74, 6) is 0.662. The topological polar surface area (TPSA) is 94.2 Å². The van der Waals surface area contributed by atoms with Crippen molar-refractivity contribution >= 4 is 29.1 Å². The number of nitrogens with one attached hydrogen (secondary N) is 2. The van der Waals surface area contributed by atoms with Gasteiger partial charge in [0.2, 0.25) is 0 Å². The quantitative estimate of drug-likeness (QED) is 0.341. The molecule has 0 radical (unpaired) electrons. The summed E-state index contributed by atoms with van der Waals surface area (Å²) in [5.41, 5.74) is 3.44. The van der Waals surface area contributed by atoms with Gasteiger partial charge in [-0.3, -0.25) is 15.2 Å². The van der Waals surface area contributed by atoms with Gasteiger partial charge in [-0.25, -0.2) is 9.78 Å². The van der Waals surface area contributed by atoms with Crippen molar-refractivity contribution in [2.24, 2.45) is 0 Å². The van der Waals surface area contributed by atoms with Crippen LogP contribution in [0.1, 0.15) is 52.8 Å². The molecular formula is C28H30N6O2S. The van der Waals surface area contributed by atoms with Gasteiger partial charge >= 0.3 is 6.03 Å². The van der Waals surface area contributed by atoms with E-state index in [1.54, 1.807) is 4.90 Å². The molecule has 1 fully saturated rings. The molecule has 0 bridgehead atoms. The van der Waals surface area contributed by atoms with Crippen LogP contribution in [-0.2, 0) is 0 Å². The third-order valence-corrected chi connectivity index (χ3v) is 7.96. The number of hydrogen-bond acceptors (Lipinski definition) is 5. The number of carbonyl (C=O) groups excluding carboxylic acids is 2. The van der Waals surface area contributed by atoms with E-state index < -0.39 is 0 Å². The first-order chi connectivity index (χ1) is 18.0. The van der Waals surface area contributed by atoms with Crippen LogP contribution in [0.2, 0.25) is 0 Å². The fourth-order valence-electron chi connectivity index (χ4n) is 4.55. The van der Waals surface area contributed by atoms with Gasteiger partial charge in [0.15, 0.2) is 5.82 Å².